The summed E-state index contributed by atoms with van der Waals surface area (Å²) in [5.74, 6) is -1.42. The summed E-state index contributed by atoms with van der Waals surface area (Å²) >= 11 is 0. The van der Waals surface area contributed by atoms with E-state index in [2.05, 4.69) is 9.72 Å². The minimum Gasteiger partial charge on any atom is -0.508 e. The molecule has 0 saturated heterocycles. The Balaban J connectivity index is 2.47. The van der Waals surface area contributed by atoms with Gasteiger partial charge in [-0.05, 0) is 31.2 Å². The molecular formula is C15H12F3NO4. The number of aromatic nitrogens is 1. The molecule has 0 radical (unpaired) electrons. The van der Waals surface area contributed by atoms with Crippen molar-refractivity contribution >= 4 is 5.97 Å². The summed E-state index contributed by atoms with van der Waals surface area (Å²) in [4.78, 5) is 15.5. The SMILES string of the molecule is CCOC(=O)c1cncc(-c2cc(O)ccc2OC(F)(F)F)c1. The zero-order valence-electron chi connectivity index (χ0n) is 11.9. The second-order valence-electron chi connectivity index (χ2n) is 4.41. The summed E-state index contributed by atoms with van der Waals surface area (Å²) in [5.41, 5.74) is 0.192. The van der Waals surface area contributed by atoms with Gasteiger partial charge in [0.1, 0.15) is 11.5 Å². The lowest BCUT2D eigenvalue weighted by Gasteiger charge is -2.14. The summed E-state index contributed by atoms with van der Waals surface area (Å²) in [6.45, 7) is 1.78. The van der Waals surface area contributed by atoms with Crippen LogP contribution < -0.4 is 4.74 Å². The van der Waals surface area contributed by atoms with E-state index in [9.17, 15) is 23.1 Å². The van der Waals surface area contributed by atoms with E-state index >= 15 is 0 Å². The van der Waals surface area contributed by atoms with Crippen molar-refractivity contribution in [1.82, 2.24) is 4.98 Å². The molecule has 0 aliphatic rings. The molecule has 0 atom stereocenters. The number of nitrogens with zero attached hydrogens (tertiary/aromatic N) is 1. The van der Waals surface area contributed by atoms with Crippen LogP contribution >= 0.6 is 0 Å². The Kier molecular flexibility index (Phi) is 4.73. The third-order valence-corrected chi connectivity index (χ3v) is 2.75. The average molecular weight is 327 g/mol. The number of hydrogen-bond donors (Lipinski definition) is 1. The zero-order valence-corrected chi connectivity index (χ0v) is 11.9. The molecule has 2 aromatic rings. The maximum Gasteiger partial charge on any atom is 0.573 e. The van der Waals surface area contributed by atoms with Crippen molar-refractivity contribution < 1.29 is 32.5 Å². The van der Waals surface area contributed by atoms with Crippen molar-refractivity contribution in [2.75, 3.05) is 6.61 Å². The summed E-state index contributed by atoms with van der Waals surface area (Å²) in [6, 6.07) is 4.44. The lowest BCUT2D eigenvalue weighted by molar-refractivity contribution is -0.274. The molecule has 0 aliphatic carbocycles. The van der Waals surface area contributed by atoms with Crippen LogP contribution in [0.3, 0.4) is 0 Å². The van der Waals surface area contributed by atoms with E-state index in [1.807, 2.05) is 0 Å². The number of alkyl halides is 3. The van der Waals surface area contributed by atoms with Crippen LogP contribution in [0, 0.1) is 0 Å². The van der Waals surface area contributed by atoms with E-state index in [0.29, 0.717) is 0 Å². The highest BCUT2D eigenvalue weighted by Gasteiger charge is 2.32. The number of phenolic OH excluding ortho intramolecular Hbond substituents is 1. The van der Waals surface area contributed by atoms with Gasteiger partial charge in [-0.15, -0.1) is 13.2 Å². The van der Waals surface area contributed by atoms with Crippen LogP contribution in [-0.2, 0) is 4.74 Å². The van der Waals surface area contributed by atoms with Crippen LogP contribution in [0.2, 0.25) is 0 Å². The Morgan fingerprint density at radius 2 is 2.00 bits per heavy atom. The van der Waals surface area contributed by atoms with E-state index in [0.717, 1.165) is 18.2 Å². The fourth-order valence-corrected chi connectivity index (χ4v) is 1.87. The Labute approximate surface area is 129 Å². The number of rotatable bonds is 4. The molecule has 0 aliphatic heterocycles. The fraction of sp³-hybridized carbons (Fsp3) is 0.200. The molecule has 0 saturated carbocycles. The van der Waals surface area contributed by atoms with Gasteiger partial charge in [-0.3, -0.25) is 4.98 Å². The van der Waals surface area contributed by atoms with Crippen molar-refractivity contribution in [3.63, 3.8) is 0 Å². The monoisotopic (exact) mass is 327 g/mol. The van der Waals surface area contributed by atoms with Crippen LogP contribution in [0.15, 0.2) is 36.7 Å². The fourth-order valence-electron chi connectivity index (χ4n) is 1.87. The molecule has 122 valence electrons. The van der Waals surface area contributed by atoms with Crippen LogP contribution in [0.1, 0.15) is 17.3 Å². The third-order valence-electron chi connectivity index (χ3n) is 2.75. The Morgan fingerprint density at radius 3 is 2.65 bits per heavy atom. The quantitative estimate of drug-likeness (QED) is 0.870. The Bertz CT molecular complexity index is 716. The molecule has 5 nitrogen and oxygen atoms in total. The van der Waals surface area contributed by atoms with Crippen molar-refractivity contribution in [2.24, 2.45) is 0 Å². The van der Waals surface area contributed by atoms with Gasteiger partial charge in [-0.1, -0.05) is 0 Å². The number of esters is 1. The highest BCUT2D eigenvalue weighted by Crippen LogP contribution is 2.36. The number of ether oxygens (including phenoxy) is 2. The molecule has 0 unspecified atom stereocenters. The maximum absolute atomic E-state index is 12.5. The number of hydrogen-bond acceptors (Lipinski definition) is 5. The molecule has 23 heavy (non-hydrogen) atoms. The van der Waals surface area contributed by atoms with Gasteiger partial charge in [0.2, 0.25) is 0 Å². The standard InChI is InChI=1S/C15H12F3NO4/c1-2-22-14(21)10-5-9(7-19-8-10)12-6-11(20)3-4-13(12)23-15(16,17)18/h3-8,20H,2H2,1H3. The van der Waals surface area contributed by atoms with Gasteiger partial charge in [-0.2, -0.15) is 0 Å². The van der Waals surface area contributed by atoms with Crippen molar-refractivity contribution in [2.45, 2.75) is 13.3 Å². The molecule has 1 heterocycles. The van der Waals surface area contributed by atoms with E-state index in [1.54, 1.807) is 6.92 Å². The number of carbonyl (C=O) groups is 1. The topological polar surface area (TPSA) is 68.7 Å². The summed E-state index contributed by atoms with van der Waals surface area (Å²) < 4.78 is 46.2. The third kappa shape index (κ3) is 4.35. The highest BCUT2D eigenvalue weighted by atomic mass is 19.4. The number of pyridine rings is 1. The lowest BCUT2D eigenvalue weighted by Crippen LogP contribution is -2.17. The van der Waals surface area contributed by atoms with Gasteiger partial charge in [0.05, 0.1) is 12.2 Å². The van der Waals surface area contributed by atoms with Gasteiger partial charge >= 0.3 is 12.3 Å². The number of halogens is 3. The predicted molar refractivity (Wildman–Crippen MR) is 74.0 cm³/mol. The van der Waals surface area contributed by atoms with Gasteiger partial charge in [-0.25, -0.2) is 4.79 Å². The second-order valence-corrected chi connectivity index (χ2v) is 4.41. The summed E-state index contributed by atoms with van der Waals surface area (Å²) in [5, 5.41) is 9.51. The Morgan fingerprint density at radius 1 is 1.26 bits per heavy atom. The predicted octanol–water partition coefficient (Wildman–Crippen LogP) is 3.53. The normalized spacial score (nSPS) is 11.1. The lowest BCUT2D eigenvalue weighted by atomic mass is 10.0. The molecule has 8 heteroatoms. The van der Waals surface area contributed by atoms with Gasteiger partial charge in [0.15, 0.2) is 0 Å². The number of benzene rings is 1. The molecular weight excluding hydrogens is 315 g/mol. The van der Waals surface area contributed by atoms with E-state index in [4.69, 9.17) is 4.74 Å². The smallest absolute Gasteiger partial charge is 0.508 e. The van der Waals surface area contributed by atoms with Crippen molar-refractivity contribution in [3.8, 4) is 22.6 Å². The average Bonchev–Trinajstić information content (AvgIpc) is 2.48. The minimum absolute atomic E-state index is 0.0547. The molecule has 1 aromatic heterocycles. The number of aromatic hydroxyl groups is 1. The minimum atomic E-state index is -4.89. The molecule has 0 bridgehead atoms. The zero-order chi connectivity index (χ0) is 17.0. The molecule has 1 N–H and O–H groups in total. The first kappa shape index (κ1) is 16.6. The number of carbonyl (C=O) groups excluding carboxylic acids is 1. The van der Waals surface area contributed by atoms with E-state index in [-0.39, 0.29) is 29.0 Å². The highest BCUT2D eigenvalue weighted by molar-refractivity contribution is 5.91. The van der Waals surface area contributed by atoms with Crippen LogP contribution in [0.4, 0.5) is 13.2 Å². The molecule has 1 aromatic carbocycles. The number of phenols is 1. The molecule has 2 rings (SSSR count). The van der Waals surface area contributed by atoms with Gasteiger partial charge in [0, 0.05) is 23.5 Å². The first-order valence-electron chi connectivity index (χ1n) is 6.51. The first-order chi connectivity index (χ1) is 10.8. The first-order valence-corrected chi connectivity index (χ1v) is 6.51. The van der Waals surface area contributed by atoms with Gasteiger partial charge < -0.3 is 14.6 Å². The Hall–Kier alpha value is -2.77. The van der Waals surface area contributed by atoms with Crippen LogP contribution in [-0.4, -0.2) is 29.0 Å². The van der Waals surface area contributed by atoms with Crippen molar-refractivity contribution in [3.05, 3.63) is 42.2 Å². The van der Waals surface area contributed by atoms with E-state index in [1.165, 1.54) is 18.5 Å². The summed E-state index contributed by atoms with van der Waals surface area (Å²) in [6.07, 6.45) is -2.41. The summed E-state index contributed by atoms with van der Waals surface area (Å²) in [7, 11) is 0. The van der Waals surface area contributed by atoms with Crippen LogP contribution in [0.5, 0.6) is 11.5 Å². The molecule has 0 amide bonds. The second kappa shape index (κ2) is 6.55. The molecule has 0 spiro atoms. The molecule has 0 fully saturated rings. The maximum atomic E-state index is 12.5. The van der Waals surface area contributed by atoms with Gasteiger partial charge in [0.25, 0.3) is 0 Å². The van der Waals surface area contributed by atoms with Crippen molar-refractivity contribution in [1.29, 1.82) is 0 Å². The van der Waals surface area contributed by atoms with Crippen LogP contribution in [0.25, 0.3) is 11.1 Å². The largest absolute Gasteiger partial charge is 0.573 e. The van der Waals surface area contributed by atoms with E-state index < -0.39 is 18.1 Å².